The Labute approximate surface area is 320 Å². The van der Waals surface area contributed by atoms with Crippen LogP contribution in [0.25, 0.3) is 0 Å². The van der Waals surface area contributed by atoms with Crippen LogP contribution in [0.4, 0.5) is 9.59 Å². The zero-order valence-corrected chi connectivity index (χ0v) is 32.4. The Bertz CT molecular complexity index is 1740. The standard InChI is InChI=1S/C37H50N6O9S2/c1-5-54(49,50)52-26-17-15-25(16-18-26)22-27(40-34(46)28(21-24-11-7-6-8-12-24)42-36(48)51-37(2,3)4)33(45)39-20-19-38-31(44)14-10-9-13-30-32-29(23-53-30)41-35(47)43-32/h5-8,11-12,15-18,27-30,32H,1,9-10,13-14,19-23H2,2-4H3,(H,38,44)(H,39,45)(H,40,46)(H,42,48)(H2,41,43,47)/t27-,28-,29?,30-,32?/m0/s1. The third kappa shape index (κ3) is 13.9. The zero-order chi connectivity index (χ0) is 39.3. The van der Waals surface area contributed by atoms with Crippen LogP contribution in [0.5, 0.6) is 5.75 Å². The predicted molar refractivity (Wildman–Crippen MR) is 205 cm³/mol. The molecule has 2 aromatic rings. The fraction of sp³-hybridized carbons (Fsp3) is 0.486. The maximum atomic E-state index is 13.8. The quantitative estimate of drug-likeness (QED) is 0.0697. The van der Waals surface area contributed by atoms with Crippen LogP contribution in [0.3, 0.4) is 0 Å². The number of rotatable bonds is 19. The zero-order valence-electron chi connectivity index (χ0n) is 30.7. The minimum absolute atomic E-state index is 0.00351. The number of urea groups is 1. The first kappa shape index (κ1) is 42.0. The Morgan fingerprint density at radius 2 is 1.56 bits per heavy atom. The molecule has 2 heterocycles. The molecule has 0 aliphatic carbocycles. The van der Waals surface area contributed by atoms with Gasteiger partial charge >= 0.3 is 22.2 Å². The number of carbonyl (C=O) groups is 5. The first-order valence-corrected chi connectivity index (χ1v) is 20.4. The van der Waals surface area contributed by atoms with Crippen LogP contribution >= 0.6 is 11.8 Å². The number of unbranched alkanes of at least 4 members (excludes halogenated alkanes) is 1. The summed E-state index contributed by atoms with van der Waals surface area (Å²) in [6, 6.07) is 12.9. The van der Waals surface area contributed by atoms with E-state index in [1.165, 1.54) is 12.1 Å². The van der Waals surface area contributed by atoms with Gasteiger partial charge in [0.15, 0.2) is 0 Å². The van der Waals surface area contributed by atoms with Gasteiger partial charge in [0, 0.05) is 43.4 Å². The molecule has 2 aliphatic rings. The van der Waals surface area contributed by atoms with Crippen LogP contribution < -0.4 is 36.1 Å². The molecule has 2 aromatic carbocycles. The number of hydrogen-bond donors (Lipinski definition) is 6. The number of hydrogen-bond acceptors (Lipinski definition) is 10. The molecule has 294 valence electrons. The van der Waals surface area contributed by atoms with Crippen molar-refractivity contribution in [1.29, 1.82) is 0 Å². The van der Waals surface area contributed by atoms with Gasteiger partial charge in [0.05, 0.1) is 17.5 Å². The fourth-order valence-corrected chi connectivity index (χ4v) is 7.94. The van der Waals surface area contributed by atoms with Gasteiger partial charge < -0.3 is 40.8 Å². The van der Waals surface area contributed by atoms with Crippen LogP contribution in [-0.4, -0.2) is 92.1 Å². The van der Waals surface area contributed by atoms with Crippen molar-refractivity contribution in [2.75, 3.05) is 18.8 Å². The minimum atomic E-state index is -3.98. The average Bonchev–Trinajstić information content (AvgIpc) is 3.67. The second kappa shape index (κ2) is 19.5. The van der Waals surface area contributed by atoms with Gasteiger partial charge in [-0.25, -0.2) is 9.59 Å². The maximum absolute atomic E-state index is 13.8. The third-order valence-electron chi connectivity index (χ3n) is 8.53. The number of nitrogens with one attached hydrogen (secondary N) is 6. The summed E-state index contributed by atoms with van der Waals surface area (Å²) >= 11 is 1.83. The van der Waals surface area contributed by atoms with Gasteiger partial charge in [-0.3, -0.25) is 14.4 Å². The van der Waals surface area contributed by atoms with Gasteiger partial charge in [0.2, 0.25) is 17.7 Å². The number of thioether (sulfide) groups is 1. The Morgan fingerprint density at radius 1 is 0.907 bits per heavy atom. The molecule has 0 aromatic heterocycles. The van der Waals surface area contributed by atoms with E-state index in [0.717, 1.165) is 24.2 Å². The molecule has 0 radical (unpaired) electrons. The van der Waals surface area contributed by atoms with Crippen molar-refractivity contribution in [1.82, 2.24) is 31.9 Å². The van der Waals surface area contributed by atoms with E-state index in [1.807, 2.05) is 30.0 Å². The SMILES string of the molecule is C=CS(=O)(=O)Oc1ccc(C[C@H](NC(=O)[C@H](Cc2ccccc2)NC(=O)OC(C)(C)C)C(=O)NCCNC(=O)CCCC[C@@H]2SCC3NC(=O)NC32)cc1. The summed E-state index contributed by atoms with van der Waals surface area (Å²) in [5.74, 6) is -0.405. The van der Waals surface area contributed by atoms with Gasteiger partial charge in [-0.1, -0.05) is 55.5 Å². The molecule has 0 spiro atoms. The van der Waals surface area contributed by atoms with Crippen molar-refractivity contribution in [3.05, 3.63) is 77.7 Å². The number of alkyl carbamates (subject to hydrolysis) is 1. The Hall–Kier alpha value is -4.77. The topological polar surface area (TPSA) is 210 Å². The lowest BCUT2D eigenvalue weighted by Gasteiger charge is -2.25. The highest BCUT2D eigenvalue weighted by molar-refractivity contribution is 8.00. The molecule has 54 heavy (non-hydrogen) atoms. The predicted octanol–water partition coefficient (Wildman–Crippen LogP) is 2.66. The number of amides is 6. The molecule has 4 rings (SSSR count). The van der Waals surface area contributed by atoms with Crippen LogP contribution in [0.15, 0.2) is 66.6 Å². The summed E-state index contributed by atoms with van der Waals surface area (Å²) in [4.78, 5) is 64.2. The first-order valence-electron chi connectivity index (χ1n) is 17.8. The molecule has 15 nitrogen and oxygen atoms in total. The van der Waals surface area contributed by atoms with Crippen LogP contribution in [0, 0.1) is 0 Å². The van der Waals surface area contributed by atoms with Crippen LogP contribution in [0.2, 0.25) is 0 Å². The van der Waals surface area contributed by atoms with E-state index >= 15 is 0 Å². The fourth-order valence-electron chi connectivity index (χ4n) is 5.95. The molecular weight excluding hydrogens is 737 g/mol. The highest BCUT2D eigenvalue weighted by Crippen LogP contribution is 2.33. The van der Waals surface area contributed by atoms with Crippen molar-refractivity contribution < 1.29 is 41.3 Å². The van der Waals surface area contributed by atoms with Gasteiger partial charge in [-0.15, -0.1) is 0 Å². The number of ether oxygens (including phenoxy) is 1. The second-order valence-corrected chi connectivity index (χ2v) is 16.8. The molecule has 2 saturated heterocycles. The molecule has 2 aliphatic heterocycles. The molecule has 2 unspecified atom stereocenters. The molecule has 6 N–H and O–H groups in total. The van der Waals surface area contributed by atoms with Crippen LogP contribution in [-0.2, 0) is 42.1 Å². The Morgan fingerprint density at radius 3 is 2.22 bits per heavy atom. The van der Waals surface area contributed by atoms with Gasteiger partial charge in [-0.05, 0) is 56.9 Å². The van der Waals surface area contributed by atoms with Crippen molar-refractivity contribution in [3.63, 3.8) is 0 Å². The van der Waals surface area contributed by atoms with Crippen molar-refractivity contribution >= 4 is 51.7 Å². The van der Waals surface area contributed by atoms with E-state index in [-0.39, 0.29) is 55.7 Å². The highest BCUT2D eigenvalue weighted by Gasteiger charge is 2.42. The largest absolute Gasteiger partial charge is 0.444 e. The number of fused-ring (bicyclic) bond motifs is 1. The summed E-state index contributed by atoms with van der Waals surface area (Å²) in [5.41, 5.74) is 0.522. The molecule has 0 saturated carbocycles. The normalized spacial score (nSPS) is 18.9. The summed E-state index contributed by atoms with van der Waals surface area (Å²) < 4.78 is 33.9. The highest BCUT2D eigenvalue weighted by atomic mass is 32.2. The van der Waals surface area contributed by atoms with Crippen molar-refractivity contribution in [3.8, 4) is 5.75 Å². The molecule has 5 atom stereocenters. The lowest BCUT2D eigenvalue weighted by atomic mass is 10.0. The van der Waals surface area contributed by atoms with Gasteiger partial charge in [0.25, 0.3) is 0 Å². The smallest absolute Gasteiger partial charge is 0.408 e. The second-order valence-electron chi connectivity index (χ2n) is 14.0. The molecule has 6 amide bonds. The van der Waals surface area contributed by atoms with E-state index in [4.69, 9.17) is 8.92 Å². The van der Waals surface area contributed by atoms with E-state index in [9.17, 15) is 32.4 Å². The third-order valence-corrected chi connectivity index (χ3v) is 10.9. The molecule has 0 bridgehead atoms. The Kier molecular flexibility index (Phi) is 15.2. The van der Waals surface area contributed by atoms with Gasteiger partial charge in [0.1, 0.15) is 23.4 Å². The maximum Gasteiger partial charge on any atom is 0.408 e. The Balaban J connectivity index is 1.34. The molecule has 17 heteroatoms. The van der Waals surface area contributed by atoms with E-state index < -0.39 is 45.7 Å². The molecular formula is C37H50N6O9S2. The van der Waals surface area contributed by atoms with Crippen LogP contribution in [0.1, 0.15) is 57.6 Å². The summed E-state index contributed by atoms with van der Waals surface area (Å²) in [5, 5.41) is 17.9. The summed E-state index contributed by atoms with van der Waals surface area (Å²) in [6.45, 7) is 8.56. The van der Waals surface area contributed by atoms with E-state index in [2.05, 4.69) is 38.5 Å². The van der Waals surface area contributed by atoms with Crippen molar-refractivity contribution in [2.45, 2.75) is 94.3 Å². The average molecular weight is 787 g/mol. The monoisotopic (exact) mass is 786 g/mol. The first-order chi connectivity index (χ1) is 25.6. The lowest BCUT2D eigenvalue weighted by molar-refractivity contribution is -0.130. The minimum Gasteiger partial charge on any atom is -0.444 e. The number of benzene rings is 2. The molecule has 2 fully saturated rings. The van der Waals surface area contributed by atoms with E-state index in [1.54, 1.807) is 45.0 Å². The van der Waals surface area contributed by atoms with E-state index in [0.29, 0.717) is 29.1 Å². The lowest BCUT2D eigenvalue weighted by Crippen LogP contribution is -2.56. The summed E-state index contributed by atoms with van der Waals surface area (Å²) in [7, 11) is -3.98. The summed E-state index contributed by atoms with van der Waals surface area (Å²) in [6.07, 6.45) is 2.07. The van der Waals surface area contributed by atoms with Crippen molar-refractivity contribution in [2.24, 2.45) is 0 Å². The van der Waals surface area contributed by atoms with Gasteiger partial charge in [-0.2, -0.15) is 20.2 Å². The number of carbonyl (C=O) groups excluding carboxylic acids is 5.